The zero-order chi connectivity index (χ0) is 19.9. The number of rotatable bonds is 6. The molecule has 0 fully saturated rings. The summed E-state index contributed by atoms with van der Waals surface area (Å²) in [6, 6.07) is 5.27. The van der Waals surface area contributed by atoms with Gasteiger partial charge in [0.2, 0.25) is 5.91 Å². The second-order valence-electron chi connectivity index (χ2n) is 6.06. The third-order valence-corrected chi connectivity index (χ3v) is 3.54. The van der Waals surface area contributed by atoms with Gasteiger partial charge in [-0.3, -0.25) is 14.4 Å². The topological polar surface area (TPSA) is 164 Å². The maximum Gasteiger partial charge on any atom is 0.300 e. The van der Waals surface area contributed by atoms with Crippen molar-refractivity contribution in [2.24, 2.45) is 11.5 Å². The summed E-state index contributed by atoms with van der Waals surface area (Å²) in [4.78, 5) is 39.9. The summed E-state index contributed by atoms with van der Waals surface area (Å²) in [5.41, 5.74) is 11.2. The van der Waals surface area contributed by atoms with Crippen LogP contribution in [0.15, 0.2) is 18.2 Å². The molecule has 1 aromatic heterocycles. The minimum Gasteiger partial charge on any atom is -0.481 e. The number of fused-ring (bicyclic) bond motifs is 1. The molecule has 0 saturated carbocycles. The Bertz CT molecular complexity index is 794. The van der Waals surface area contributed by atoms with Crippen LogP contribution in [-0.2, 0) is 20.8 Å². The molecule has 9 nitrogen and oxygen atoms in total. The highest BCUT2D eigenvalue weighted by atomic mass is 16.4. The van der Waals surface area contributed by atoms with Gasteiger partial charge in [0, 0.05) is 19.0 Å². The summed E-state index contributed by atoms with van der Waals surface area (Å²) in [6.07, 6.45) is 3.05. The number of aromatic nitrogens is 2. The number of anilines is 1. The molecule has 0 aliphatic heterocycles. The highest BCUT2D eigenvalue weighted by molar-refractivity contribution is 6.13. The van der Waals surface area contributed by atoms with Crippen molar-refractivity contribution >= 4 is 34.5 Å². The third-order valence-electron chi connectivity index (χ3n) is 3.54. The van der Waals surface area contributed by atoms with Crippen LogP contribution in [0.2, 0.25) is 0 Å². The van der Waals surface area contributed by atoms with Crippen LogP contribution >= 0.6 is 0 Å². The van der Waals surface area contributed by atoms with Gasteiger partial charge in [0.05, 0.1) is 11.0 Å². The molecule has 2 amide bonds. The molecule has 0 aliphatic carbocycles. The average molecular weight is 363 g/mol. The van der Waals surface area contributed by atoms with E-state index in [1.54, 1.807) is 18.2 Å². The van der Waals surface area contributed by atoms with Gasteiger partial charge in [-0.05, 0) is 31.5 Å². The number of aromatic amines is 1. The van der Waals surface area contributed by atoms with Crippen LogP contribution in [0.25, 0.3) is 11.0 Å². The number of hydrogen-bond donors (Lipinski definition) is 5. The predicted octanol–water partition coefficient (Wildman–Crippen LogP) is 1.14. The Balaban J connectivity index is 0.000000765. The van der Waals surface area contributed by atoms with Crippen LogP contribution in [0.3, 0.4) is 0 Å². The summed E-state index contributed by atoms with van der Waals surface area (Å²) in [5.74, 6) is -1.44. The van der Waals surface area contributed by atoms with Crippen molar-refractivity contribution < 1.29 is 19.5 Å². The number of primary amides is 1. The zero-order valence-corrected chi connectivity index (χ0v) is 15.1. The van der Waals surface area contributed by atoms with Gasteiger partial charge in [-0.2, -0.15) is 0 Å². The Morgan fingerprint density at radius 1 is 1.35 bits per heavy atom. The second kappa shape index (κ2) is 8.95. The van der Waals surface area contributed by atoms with Crippen molar-refractivity contribution in [3.63, 3.8) is 0 Å². The van der Waals surface area contributed by atoms with Crippen molar-refractivity contribution in [1.82, 2.24) is 9.97 Å². The first-order chi connectivity index (χ1) is 12.1. The standard InChI is InChI=1S/C15H21N5O2.C2H4O2/c1-3-4-5-12-19-10-7-6-9(8-11(10)20-12)18-14(22)15(2,17)13(16)21;1-2(3)4/h6-8H,3-5,17H2,1-2H3,(H2,16,21)(H,18,22)(H,19,20);1H3,(H,3,4)/t15-;/m0./s1. The van der Waals surface area contributed by atoms with E-state index in [-0.39, 0.29) is 0 Å². The molecule has 2 rings (SSSR count). The van der Waals surface area contributed by atoms with E-state index in [1.807, 2.05) is 0 Å². The Morgan fingerprint density at radius 3 is 2.50 bits per heavy atom. The Labute approximate surface area is 151 Å². The fourth-order valence-corrected chi connectivity index (χ4v) is 1.98. The smallest absolute Gasteiger partial charge is 0.300 e. The molecule has 0 spiro atoms. The van der Waals surface area contributed by atoms with Gasteiger partial charge < -0.3 is 26.9 Å². The number of carboxylic acids is 1. The van der Waals surface area contributed by atoms with Crippen LogP contribution in [0.1, 0.15) is 39.4 Å². The second-order valence-corrected chi connectivity index (χ2v) is 6.06. The first-order valence-electron chi connectivity index (χ1n) is 8.16. The first-order valence-corrected chi connectivity index (χ1v) is 8.16. The van der Waals surface area contributed by atoms with Crippen LogP contribution < -0.4 is 16.8 Å². The quantitative estimate of drug-likeness (QED) is 0.483. The van der Waals surface area contributed by atoms with E-state index >= 15 is 0 Å². The highest BCUT2D eigenvalue weighted by Gasteiger charge is 2.34. The van der Waals surface area contributed by atoms with Gasteiger partial charge in [0.1, 0.15) is 5.82 Å². The molecule has 2 aromatic rings. The number of H-pyrrole nitrogens is 1. The van der Waals surface area contributed by atoms with Crippen molar-refractivity contribution in [3.05, 3.63) is 24.0 Å². The van der Waals surface area contributed by atoms with Crippen molar-refractivity contribution in [2.45, 2.75) is 45.6 Å². The van der Waals surface area contributed by atoms with Gasteiger partial charge in [0.25, 0.3) is 11.9 Å². The number of amides is 2. The molecular formula is C17H25N5O4. The lowest BCUT2D eigenvalue weighted by atomic mass is 10.0. The van der Waals surface area contributed by atoms with E-state index in [0.29, 0.717) is 5.69 Å². The molecule has 0 bridgehead atoms. The van der Waals surface area contributed by atoms with Gasteiger partial charge >= 0.3 is 0 Å². The predicted molar refractivity (Wildman–Crippen MR) is 98.4 cm³/mol. The number of carbonyl (C=O) groups is 3. The SMILES string of the molecule is CC(=O)O.CCCCc1nc2ccc(NC(=O)[C@@](C)(N)C(N)=O)cc2[nH]1. The summed E-state index contributed by atoms with van der Waals surface area (Å²) in [6.45, 7) is 4.49. The molecule has 1 heterocycles. The number of hydrogen-bond acceptors (Lipinski definition) is 5. The largest absolute Gasteiger partial charge is 0.481 e. The van der Waals surface area contributed by atoms with E-state index in [4.69, 9.17) is 21.4 Å². The molecule has 9 heteroatoms. The summed E-state index contributed by atoms with van der Waals surface area (Å²) < 4.78 is 0. The lowest BCUT2D eigenvalue weighted by Gasteiger charge is -2.19. The minimum absolute atomic E-state index is 0.529. The number of nitrogens with zero attached hydrogens (tertiary/aromatic N) is 1. The number of imidazole rings is 1. The number of nitrogens with two attached hydrogens (primary N) is 2. The monoisotopic (exact) mass is 363 g/mol. The number of carboxylic acid groups (broad SMARTS) is 1. The van der Waals surface area contributed by atoms with E-state index in [2.05, 4.69) is 22.2 Å². The molecule has 0 radical (unpaired) electrons. The van der Waals surface area contributed by atoms with Crippen molar-refractivity contribution in [2.75, 3.05) is 5.32 Å². The first kappa shape index (κ1) is 21.1. The lowest BCUT2D eigenvalue weighted by molar-refractivity contribution is -0.134. The minimum atomic E-state index is -1.75. The molecule has 0 aliphatic rings. The number of carbonyl (C=O) groups excluding carboxylic acids is 2. The van der Waals surface area contributed by atoms with Gasteiger partial charge in [-0.15, -0.1) is 0 Å². The maximum absolute atomic E-state index is 12.0. The Morgan fingerprint density at radius 2 is 1.96 bits per heavy atom. The van der Waals surface area contributed by atoms with Crippen molar-refractivity contribution in [3.8, 4) is 0 Å². The normalized spacial score (nSPS) is 12.6. The van der Waals surface area contributed by atoms with Crippen LogP contribution in [0.5, 0.6) is 0 Å². The van der Waals surface area contributed by atoms with E-state index in [9.17, 15) is 9.59 Å². The molecule has 142 valence electrons. The van der Waals surface area contributed by atoms with E-state index < -0.39 is 23.3 Å². The third kappa shape index (κ3) is 5.85. The van der Waals surface area contributed by atoms with Crippen LogP contribution in [-0.4, -0.2) is 38.4 Å². The number of aliphatic carboxylic acids is 1. The van der Waals surface area contributed by atoms with E-state index in [1.165, 1.54) is 6.92 Å². The van der Waals surface area contributed by atoms with E-state index in [0.717, 1.165) is 43.0 Å². The zero-order valence-electron chi connectivity index (χ0n) is 15.1. The number of aryl methyl sites for hydroxylation is 1. The number of benzene rings is 1. The molecule has 0 saturated heterocycles. The van der Waals surface area contributed by atoms with Crippen molar-refractivity contribution in [1.29, 1.82) is 0 Å². The summed E-state index contributed by atoms with van der Waals surface area (Å²) in [5, 5.41) is 10.0. The molecule has 26 heavy (non-hydrogen) atoms. The Kier molecular flexibility index (Phi) is 7.27. The summed E-state index contributed by atoms with van der Waals surface area (Å²) in [7, 11) is 0. The van der Waals surface area contributed by atoms with Gasteiger partial charge in [-0.25, -0.2) is 4.98 Å². The molecule has 1 aromatic carbocycles. The molecular weight excluding hydrogens is 338 g/mol. The summed E-state index contributed by atoms with van der Waals surface area (Å²) >= 11 is 0. The van der Waals surface area contributed by atoms with Crippen LogP contribution in [0.4, 0.5) is 5.69 Å². The Hall–Kier alpha value is -2.94. The fraction of sp³-hybridized carbons (Fsp3) is 0.412. The van der Waals surface area contributed by atoms with Crippen LogP contribution in [0, 0.1) is 0 Å². The fourth-order valence-electron chi connectivity index (χ4n) is 1.98. The maximum atomic E-state index is 12.0. The van der Waals surface area contributed by atoms with Gasteiger partial charge in [-0.1, -0.05) is 13.3 Å². The highest BCUT2D eigenvalue weighted by Crippen LogP contribution is 2.19. The average Bonchev–Trinajstić information content (AvgIpc) is 2.94. The number of nitrogens with one attached hydrogen (secondary N) is 2. The number of unbranched alkanes of at least 4 members (excludes halogenated alkanes) is 1. The molecule has 1 atom stereocenters. The lowest BCUT2D eigenvalue weighted by Crippen LogP contribution is -2.58. The molecule has 7 N–H and O–H groups in total. The van der Waals surface area contributed by atoms with Gasteiger partial charge in [0.15, 0.2) is 5.54 Å². The molecule has 0 unspecified atom stereocenters.